The molecule has 1 unspecified atom stereocenters. The van der Waals surface area contributed by atoms with Crippen LogP contribution in [0.3, 0.4) is 0 Å². The second-order valence-corrected chi connectivity index (χ2v) is 20.2. The molecule has 1 aliphatic carbocycles. The first-order chi connectivity index (χ1) is 37.3. The normalized spacial score (nSPS) is 13.9. The summed E-state index contributed by atoms with van der Waals surface area (Å²) in [5.41, 5.74) is 15.1. The molecule has 0 fully saturated rings. The molecule has 3 heterocycles. The van der Waals surface area contributed by atoms with Crippen LogP contribution >= 0.6 is 0 Å². The molecule has 0 bridgehead atoms. The monoisotopic (exact) mass is 988 g/mol. The van der Waals surface area contributed by atoms with Gasteiger partial charge in [0.1, 0.15) is 11.6 Å². The molecule has 0 radical (unpaired) electrons. The molecule has 368 valence electrons. The standard InChI is InChI=1S/C70H54F2N4/c1-44(2)65-67(52-30-13-18-34-56(52)71)58(73-46(4)24-12-11-23-45(3)49-39-41-62-66(49)54-32-16-21-37-60(54)74(62)47-25-7-5-8-26-47)43-64(68(65)53-31-14-19-35-57(53)72)76-59-36-20-15-29-50(59)51-40-42-63-69(70(51)76)55-33-17-22-38-61(55)75(63)48-27-9-6-10-28-48/h5-45,49,73H,4H2,1-3H3/b23-11-,24-12-/t45-,49?/m0/s1. The van der Waals surface area contributed by atoms with E-state index in [1.807, 2.05) is 42.5 Å². The van der Waals surface area contributed by atoms with Gasteiger partial charge < -0.3 is 19.0 Å². The molecule has 9 aromatic carbocycles. The van der Waals surface area contributed by atoms with Gasteiger partial charge in [-0.2, -0.15) is 0 Å². The van der Waals surface area contributed by atoms with E-state index in [0.29, 0.717) is 33.6 Å². The second-order valence-electron chi connectivity index (χ2n) is 20.2. The van der Waals surface area contributed by atoms with E-state index in [1.165, 1.54) is 34.3 Å². The second kappa shape index (κ2) is 18.9. The fraction of sp³-hybridized carbons (Fsp3) is 0.0857. The Bertz CT molecular complexity index is 4350. The van der Waals surface area contributed by atoms with Gasteiger partial charge in [0.05, 0.1) is 39.0 Å². The van der Waals surface area contributed by atoms with Crippen LogP contribution in [0.25, 0.3) is 99.9 Å². The van der Waals surface area contributed by atoms with Gasteiger partial charge in [-0.15, -0.1) is 0 Å². The first-order valence-electron chi connectivity index (χ1n) is 26.2. The van der Waals surface area contributed by atoms with Crippen molar-refractivity contribution in [3.8, 4) is 39.3 Å². The lowest BCUT2D eigenvalue weighted by Crippen LogP contribution is -2.10. The first kappa shape index (κ1) is 46.5. The number of para-hydroxylation sites is 5. The topological polar surface area (TPSA) is 26.8 Å². The predicted octanol–water partition coefficient (Wildman–Crippen LogP) is 19.0. The Morgan fingerprint density at radius 3 is 1.75 bits per heavy atom. The van der Waals surface area contributed by atoms with Crippen LogP contribution in [-0.2, 0) is 0 Å². The van der Waals surface area contributed by atoms with Crippen molar-refractivity contribution >= 4 is 66.3 Å². The number of halogens is 2. The van der Waals surface area contributed by atoms with Crippen molar-refractivity contribution in [1.82, 2.24) is 13.7 Å². The molecule has 2 atom stereocenters. The van der Waals surface area contributed by atoms with Gasteiger partial charge in [0.2, 0.25) is 0 Å². The largest absolute Gasteiger partial charge is 0.355 e. The molecule has 0 amide bonds. The molecular formula is C70H54F2N4. The summed E-state index contributed by atoms with van der Waals surface area (Å²) in [5, 5.41) is 9.27. The first-order valence-corrected chi connectivity index (χ1v) is 26.2. The van der Waals surface area contributed by atoms with E-state index in [9.17, 15) is 0 Å². The summed E-state index contributed by atoms with van der Waals surface area (Å²) in [5.74, 6) is -0.555. The Labute approximate surface area is 441 Å². The smallest absolute Gasteiger partial charge is 0.131 e. The Morgan fingerprint density at radius 1 is 0.539 bits per heavy atom. The van der Waals surface area contributed by atoms with Crippen LogP contribution in [0.1, 0.15) is 49.4 Å². The molecule has 1 aliphatic rings. The SMILES string of the molecule is C=C(/C=C\C=C/[C@H](C)C1C=Cc2c1c1ccccc1n2-c1ccccc1)Nc1cc(-n2c3ccccc3c3ccc4c(c5ccccc5n4-c4ccccc4)c32)c(-c2ccccc2F)c(C(C)C)c1-c1ccccc1F. The van der Waals surface area contributed by atoms with Gasteiger partial charge in [-0.05, 0) is 102 Å². The van der Waals surface area contributed by atoms with Gasteiger partial charge >= 0.3 is 0 Å². The average molecular weight is 989 g/mol. The number of anilines is 1. The number of hydrogen-bond acceptors (Lipinski definition) is 1. The number of fused-ring (bicyclic) bond motifs is 10. The summed E-state index contributed by atoms with van der Waals surface area (Å²) in [6.07, 6.45) is 12.9. The van der Waals surface area contributed by atoms with Gasteiger partial charge in [-0.25, -0.2) is 8.78 Å². The summed E-state index contributed by atoms with van der Waals surface area (Å²) >= 11 is 0. The highest BCUT2D eigenvalue weighted by Crippen LogP contribution is 2.51. The van der Waals surface area contributed by atoms with Crippen molar-refractivity contribution < 1.29 is 8.78 Å². The number of benzene rings is 9. The zero-order chi connectivity index (χ0) is 51.6. The van der Waals surface area contributed by atoms with E-state index in [4.69, 9.17) is 0 Å². The Hall–Kier alpha value is -9.26. The van der Waals surface area contributed by atoms with Crippen molar-refractivity contribution in [2.24, 2.45) is 5.92 Å². The Morgan fingerprint density at radius 2 is 1.09 bits per heavy atom. The minimum Gasteiger partial charge on any atom is -0.355 e. The third-order valence-electron chi connectivity index (χ3n) is 15.4. The third kappa shape index (κ3) is 7.54. The van der Waals surface area contributed by atoms with E-state index >= 15 is 8.78 Å². The number of nitrogens with zero attached hydrogens (tertiary/aromatic N) is 3. The number of allylic oxidation sites excluding steroid dienone is 5. The fourth-order valence-corrected chi connectivity index (χ4v) is 12.2. The lowest BCUT2D eigenvalue weighted by atomic mass is 9.83. The summed E-state index contributed by atoms with van der Waals surface area (Å²) in [6.45, 7) is 11.0. The van der Waals surface area contributed by atoms with E-state index in [-0.39, 0.29) is 29.4 Å². The van der Waals surface area contributed by atoms with Crippen molar-refractivity contribution in [2.45, 2.75) is 32.6 Å². The van der Waals surface area contributed by atoms with Gasteiger partial charge in [0.15, 0.2) is 0 Å². The van der Waals surface area contributed by atoms with Crippen LogP contribution in [0, 0.1) is 17.6 Å². The van der Waals surface area contributed by atoms with E-state index in [0.717, 1.165) is 66.2 Å². The molecule has 4 nitrogen and oxygen atoms in total. The fourth-order valence-electron chi connectivity index (χ4n) is 12.2. The molecule has 0 saturated heterocycles. The Balaban J connectivity index is 0.984. The lowest BCUT2D eigenvalue weighted by Gasteiger charge is -2.27. The maximum Gasteiger partial charge on any atom is 0.131 e. The minimum atomic E-state index is -0.374. The summed E-state index contributed by atoms with van der Waals surface area (Å²) in [4.78, 5) is 0. The van der Waals surface area contributed by atoms with Gasteiger partial charge in [-0.1, -0.05) is 185 Å². The number of aromatic nitrogens is 3. The molecule has 0 aliphatic heterocycles. The molecule has 1 N–H and O–H groups in total. The number of nitrogens with one attached hydrogen (secondary N) is 1. The molecule has 0 spiro atoms. The quantitative estimate of drug-likeness (QED) is 0.121. The molecule has 0 saturated carbocycles. The van der Waals surface area contributed by atoms with E-state index < -0.39 is 0 Å². The van der Waals surface area contributed by atoms with E-state index in [2.05, 4.69) is 216 Å². The van der Waals surface area contributed by atoms with Crippen LogP contribution in [0.5, 0.6) is 0 Å². The maximum absolute atomic E-state index is 17.0. The van der Waals surface area contributed by atoms with Crippen molar-refractivity contribution in [3.63, 3.8) is 0 Å². The number of rotatable bonds is 12. The van der Waals surface area contributed by atoms with E-state index in [1.54, 1.807) is 12.1 Å². The van der Waals surface area contributed by atoms with Gasteiger partial charge in [0.25, 0.3) is 0 Å². The van der Waals surface area contributed by atoms with Crippen LogP contribution < -0.4 is 5.32 Å². The predicted molar refractivity (Wildman–Crippen MR) is 315 cm³/mol. The zero-order valence-electron chi connectivity index (χ0n) is 42.6. The maximum atomic E-state index is 17.0. The molecule has 12 aromatic rings. The van der Waals surface area contributed by atoms with Crippen molar-refractivity contribution in [1.29, 1.82) is 0 Å². The third-order valence-corrected chi connectivity index (χ3v) is 15.4. The van der Waals surface area contributed by atoms with Crippen molar-refractivity contribution in [2.75, 3.05) is 5.32 Å². The Kier molecular flexibility index (Phi) is 11.6. The van der Waals surface area contributed by atoms with Crippen LogP contribution in [0.4, 0.5) is 14.5 Å². The number of hydrogen-bond donors (Lipinski definition) is 1. The van der Waals surface area contributed by atoms with Crippen LogP contribution in [0.15, 0.2) is 243 Å². The average Bonchev–Trinajstić information content (AvgIpc) is 4.39. The highest BCUT2D eigenvalue weighted by Gasteiger charge is 2.31. The highest BCUT2D eigenvalue weighted by molar-refractivity contribution is 6.26. The molecular weight excluding hydrogens is 935 g/mol. The van der Waals surface area contributed by atoms with Gasteiger partial charge in [0, 0.05) is 77.9 Å². The highest BCUT2D eigenvalue weighted by atomic mass is 19.1. The molecule has 13 rings (SSSR count). The lowest BCUT2D eigenvalue weighted by molar-refractivity contribution is 0.630. The van der Waals surface area contributed by atoms with Crippen LogP contribution in [-0.4, -0.2) is 13.7 Å². The molecule has 6 heteroatoms. The summed E-state index contributed by atoms with van der Waals surface area (Å²) < 4.78 is 40.6. The molecule has 3 aromatic heterocycles. The summed E-state index contributed by atoms with van der Waals surface area (Å²) in [6, 6.07) is 67.1. The van der Waals surface area contributed by atoms with Crippen molar-refractivity contribution in [3.05, 3.63) is 271 Å². The van der Waals surface area contributed by atoms with Crippen LogP contribution in [0.2, 0.25) is 0 Å². The zero-order valence-corrected chi connectivity index (χ0v) is 42.6. The molecule has 76 heavy (non-hydrogen) atoms. The summed E-state index contributed by atoms with van der Waals surface area (Å²) in [7, 11) is 0. The van der Waals surface area contributed by atoms with Gasteiger partial charge in [-0.3, -0.25) is 0 Å². The minimum absolute atomic E-state index is 0.188.